The van der Waals surface area contributed by atoms with Crippen LogP contribution in [0.25, 0.3) is 0 Å². The highest BCUT2D eigenvalue weighted by Gasteiger charge is 2.44. The summed E-state index contributed by atoms with van der Waals surface area (Å²) in [6.07, 6.45) is 5.71. The van der Waals surface area contributed by atoms with Gasteiger partial charge in [-0.2, -0.15) is 0 Å². The molecule has 0 bridgehead atoms. The second-order valence-electron chi connectivity index (χ2n) is 7.21. The Labute approximate surface area is 159 Å². The van der Waals surface area contributed by atoms with Crippen LogP contribution >= 0.6 is 0 Å². The van der Waals surface area contributed by atoms with Crippen LogP contribution in [0.2, 0.25) is 0 Å². The Morgan fingerprint density at radius 2 is 1.89 bits per heavy atom. The van der Waals surface area contributed by atoms with E-state index in [9.17, 15) is 4.39 Å². The van der Waals surface area contributed by atoms with Crippen LogP contribution in [0.15, 0.2) is 47.7 Å². The molecular weight excluding hydrogens is 343 g/mol. The molecule has 7 heteroatoms. The summed E-state index contributed by atoms with van der Waals surface area (Å²) in [4.78, 5) is 17.6. The first kappa shape index (κ1) is 17.7. The average Bonchev–Trinajstić information content (AvgIpc) is 3.51. The molecule has 4 rings (SSSR count). The van der Waals surface area contributed by atoms with Crippen molar-refractivity contribution in [3.63, 3.8) is 0 Å². The van der Waals surface area contributed by atoms with Crippen molar-refractivity contribution in [2.24, 2.45) is 4.99 Å². The molecule has 1 N–H and O–H groups in total. The zero-order valence-electron chi connectivity index (χ0n) is 15.6. The molecule has 6 nitrogen and oxygen atoms in total. The minimum Gasteiger partial charge on any atom is -0.355 e. The van der Waals surface area contributed by atoms with Crippen LogP contribution in [0, 0.1) is 5.82 Å². The Balaban J connectivity index is 1.34. The minimum absolute atomic E-state index is 0.0394. The van der Waals surface area contributed by atoms with Crippen molar-refractivity contribution in [2.75, 3.05) is 44.7 Å². The molecule has 2 heterocycles. The Morgan fingerprint density at radius 1 is 1.15 bits per heavy atom. The lowest BCUT2D eigenvalue weighted by atomic mass is 9.96. The van der Waals surface area contributed by atoms with Gasteiger partial charge in [0.05, 0.1) is 0 Å². The number of halogens is 1. The van der Waals surface area contributed by atoms with Gasteiger partial charge in [0.15, 0.2) is 5.96 Å². The fourth-order valence-corrected chi connectivity index (χ4v) is 3.69. The molecule has 0 unspecified atom stereocenters. The van der Waals surface area contributed by atoms with Crippen molar-refractivity contribution < 1.29 is 4.39 Å². The van der Waals surface area contributed by atoms with Crippen LogP contribution in [0.3, 0.4) is 0 Å². The first-order valence-corrected chi connectivity index (χ1v) is 9.44. The fourth-order valence-electron chi connectivity index (χ4n) is 3.69. The summed E-state index contributed by atoms with van der Waals surface area (Å²) in [6, 6.07) is 8.82. The van der Waals surface area contributed by atoms with E-state index in [0.29, 0.717) is 0 Å². The molecule has 0 radical (unpaired) electrons. The molecule has 0 amide bonds. The van der Waals surface area contributed by atoms with Crippen molar-refractivity contribution in [3.8, 4) is 0 Å². The van der Waals surface area contributed by atoms with Gasteiger partial charge in [0, 0.05) is 57.6 Å². The van der Waals surface area contributed by atoms with Crippen LogP contribution in [0.5, 0.6) is 0 Å². The number of piperazine rings is 1. The van der Waals surface area contributed by atoms with Crippen molar-refractivity contribution in [3.05, 3.63) is 54.1 Å². The van der Waals surface area contributed by atoms with Crippen molar-refractivity contribution >= 4 is 11.9 Å². The lowest BCUT2D eigenvalue weighted by Crippen LogP contribution is -2.53. The molecule has 142 valence electrons. The molecule has 27 heavy (non-hydrogen) atoms. The number of guanidine groups is 1. The summed E-state index contributed by atoms with van der Waals surface area (Å²) in [6.45, 7) is 4.24. The predicted molar refractivity (Wildman–Crippen MR) is 104 cm³/mol. The predicted octanol–water partition coefficient (Wildman–Crippen LogP) is 2.04. The highest BCUT2D eigenvalue weighted by molar-refractivity contribution is 5.80. The van der Waals surface area contributed by atoms with E-state index in [4.69, 9.17) is 0 Å². The Kier molecular flexibility index (Phi) is 4.92. The van der Waals surface area contributed by atoms with E-state index in [1.807, 2.05) is 19.2 Å². The van der Waals surface area contributed by atoms with Gasteiger partial charge in [-0.3, -0.25) is 4.99 Å². The quantitative estimate of drug-likeness (QED) is 0.661. The third-order valence-corrected chi connectivity index (χ3v) is 5.50. The van der Waals surface area contributed by atoms with E-state index in [-0.39, 0.29) is 11.2 Å². The van der Waals surface area contributed by atoms with Gasteiger partial charge in [0.2, 0.25) is 5.95 Å². The maximum atomic E-state index is 13.6. The third-order valence-electron chi connectivity index (χ3n) is 5.50. The summed E-state index contributed by atoms with van der Waals surface area (Å²) >= 11 is 0. The molecule has 1 saturated carbocycles. The number of rotatable bonds is 4. The Hall–Kier alpha value is -2.70. The minimum atomic E-state index is -0.164. The van der Waals surface area contributed by atoms with Crippen LogP contribution in [0.1, 0.15) is 18.4 Å². The molecule has 0 spiro atoms. The number of aromatic nitrogens is 2. The number of nitrogens with one attached hydrogen (secondary N) is 1. The van der Waals surface area contributed by atoms with E-state index >= 15 is 0 Å². The van der Waals surface area contributed by atoms with Gasteiger partial charge in [-0.25, -0.2) is 14.4 Å². The summed E-state index contributed by atoms with van der Waals surface area (Å²) in [7, 11) is 1.82. The molecule has 1 saturated heterocycles. The lowest BCUT2D eigenvalue weighted by molar-refractivity contribution is 0.368. The van der Waals surface area contributed by atoms with E-state index in [1.54, 1.807) is 24.5 Å². The SMILES string of the molecule is CN=C(NCC1(c2cccc(F)c2)CC1)N1CCN(c2ncccn2)CC1. The number of benzene rings is 1. The van der Waals surface area contributed by atoms with Gasteiger partial charge in [0.1, 0.15) is 5.82 Å². The van der Waals surface area contributed by atoms with Gasteiger partial charge in [-0.1, -0.05) is 12.1 Å². The zero-order chi connectivity index (χ0) is 18.7. The van der Waals surface area contributed by atoms with Crippen LogP contribution in [-0.4, -0.2) is 60.6 Å². The van der Waals surface area contributed by atoms with E-state index < -0.39 is 0 Å². The topological polar surface area (TPSA) is 56.7 Å². The molecule has 0 atom stereocenters. The maximum absolute atomic E-state index is 13.6. The molecule has 2 fully saturated rings. The van der Waals surface area contributed by atoms with Gasteiger partial charge < -0.3 is 15.1 Å². The molecule has 2 aliphatic rings. The van der Waals surface area contributed by atoms with Crippen LogP contribution in [-0.2, 0) is 5.41 Å². The van der Waals surface area contributed by atoms with E-state index in [0.717, 1.165) is 63.0 Å². The van der Waals surface area contributed by atoms with Gasteiger partial charge in [-0.05, 0) is 36.6 Å². The van der Waals surface area contributed by atoms with Gasteiger partial charge in [-0.15, -0.1) is 0 Å². The summed E-state index contributed by atoms with van der Waals surface area (Å²) in [5, 5.41) is 3.52. The van der Waals surface area contributed by atoms with E-state index in [2.05, 4.69) is 30.1 Å². The Morgan fingerprint density at radius 3 is 2.52 bits per heavy atom. The number of hydrogen-bond donors (Lipinski definition) is 1. The average molecular weight is 368 g/mol. The first-order chi connectivity index (χ1) is 13.2. The van der Waals surface area contributed by atoms with Crippen LogP contribution in [0.4, 0.5) is 10.3 Å². The molecular formula is C20H25FN6. The zero-order valence-corrected chi connectivity index (χ0v) is 15.6. The standard InChI is InChI=1S/C20H25FN6/c1-22-18(25-15-20(6-7-20)16-4-2-5-17(21)14-16)26-10-12-27(13-11-26)19-23-8-3-9-24-19/h2-5,8-9,14H,6-7,10-13,15H2,1H3,(H,22,25). The second-order valence-corrected chi connectivity index (χ2v) is 7.21. The maximum Gasteiger partial charge on any atom is 0.225 e. The molecule has 1 aliphatic carbocycles. The van der Waals surface area contributed by atoms with Crippen LogP contribution < -0.4 is 10.2 Å². The summed E-state index contributed by atoms with van der Waals surface area (Å²) in [5.41, 5.74) is 1.12. The monoisotopic (exact) mass is 368 g/mol. The fraction of sp³-hybridized carbons (Fsp3) is 0.450. The number of anilines is 1. The second kappa shape index (κ2) is 7.50. The highest BCUT2D eigenvalue weighted by Crippen LogP contribution is 2.47. The largest absolute Gasteiger partial charge is 0.355 e. The third kappa shape index (κ3) is 3.86. The van der Waals surface area contributed by atoms with Crippen molar-refractivity contribution in [1.29, 1.82) is 0 Å². The molecule has 2 aromatic rings. The Bertz CT molecular complexity index is 797. The van der Waals surface area contributed by atoms with Crippen molar-refractivity contribution in [1.82, 2.24) is 20.2 Å². The van der Waals surface area contributed by atoms with Gasteiger partial charge >= 0.3 is 0 Å². The van der Waals surface area contributed by atoms with Crippen molar-refractivity contribution in [2.45, 2.75) is 18.3 Å². The first-order valence-electron chi connectivity index (χ1n) is 9.44. The number of aliphatic imine (C=N–C) groups is 1. The summed E-state index contributed by atoms with van der Waals surface area (Å²) in [5.74, 6) is 1.52. The smallest absolute Gasteiger partial charge is 0.225 e. The molecule has 1 aliphatic heterocycles. The molecule has 1 aromatic carbocycles. The van der Waals surface area contributed by atoms with E-state index in [1.165, 1.54) is 6.07 Å². The highest BCUT2D eigenvalue weighted by atomic mass is 19.1. The number of nitrogens with zero attached hydrogens (tertiary/aromatic N) is 5. The summed E-state index contributed by atoms with van der Waals surface area (Å²) < 4.78 is 13.6. The lowest BCUT2D eigenvalue weighted by Gasteiger charge is -2.36. The van der Waals surface area contributed by atoms with Gasteiger partial charge in [0.25, 0.3) is 0 Å². The molecule has 1 aromatic heterocycles. The number of hydrogen-bond acceptors (Lipinski definition) is 4. The normalized spacial score (nSPS) is 19.1.